The zero-order valence-corrected chi connectivity index (χ0v) is 12.5. The standard InChI is InChI=1S/C13H18N10/c14-6-5-7(15)12(23-3-1-2-4-23)22-11(6)19-8-9(16)20-13(18)21-10(8)17/h5H,1-4,14-15H2,(H5,16,17,18,20,21). The summed E-state index contributed by atoms with van der Waals surface area (Å²) in [6.45, 7) is 1.78. The Balaban J connectivity index is 2.04. The molecule has 10 heteroatoms. The van der Waals surface area contributed by atoms with Crippen molar-refractivity contribution in [3.63, 3.8) is 0 Å². The van der Waals surface area contributed by atoms with E-state index in [1.807, 2.05) is 0 Å². The molecule has 0 saturated carbocycles. The van der Waals surface area contributed by atoms with Crippen LogP contribution >= 0.6 is 0 Å². The molecule has 0 amide bonds. The van der Waals surface area contributed by atoms with Gasteiger partial charge in [0.25, 0.3) is 0 Å². The van der Waals surface area contributed by atoms with Crippen LogP contribution < -0.4 is 27.8 Å². The molecule has 3 rings (SSSR count). The van der Waals surface area contributed by atoms with Gasteiger partial charge >= 0.3 is 0 Å². The maximum absolute atomic E-state index is 7.38. The number of nitrogens with two attached hydrogens (primary N) is 4. The Kier molecular flexibility index (Phi) is 3.56. The molecule has 0 unspecified atom stereocenters. The molecule has 23 heavy (non-hydrogen) atoms. The van der Waals surface area contributed by atoms with Crippen LogP contribution in [0.2, 0.25) is 0 Å². The first-order valence-electron chi connectivity index (χ1n) is 7.13. The number of nitrogens with one attached hydrogen (secondary N) is 1. The van der Waals surface area contributed by atoms with Gasteiger partial charge in [-0.2, -0.15) is 9.98 Å². The van der Waals surface area contributed by atoms with Gasteiger partial charge in [0.15, 0.2) is 23.3 Å². The van der Waals surface area contributed by atoms with Crippen molar-refractivity contribution < 1.29 is 0 Å². The fourth-order valence-electron chi connectivity index (χ4n) is 2.51. The van der Waals surface area contributed by atoms with Crippen molar-refractivity contribution >= 4 is 46.4 Å². The average molecular weight is 314 g/mol. The van der Waals surface area contributed by atoms with Crippen molar-refractivity contribution in [1.82, 2.24) is 4.98 Å². The van der Waals surface area contributed by atoms with Crippen LogP contribution in [0.3, 0.4) is 0 Å². The maximum Gasteiger partial charge on any atom is 0.245 e. The number of hydrogen-bond donors (Lipinski definition) is 5. The van der Waals surface area contributed by atoms with E-state index < -0.39 is 0 Å². The number of nitrogen functional groups attached to an aromatic ring is 2. The van der Waals surface area contributed by atoms with E-state index in [2.05, 4.69) is 24.9 Å². The van der Waals surface area contributed by atoms with E-state index in [-0.39, 0.29) is 29.2 Å². The molecule has 10 nitrogen and oxygen atoms in total. The quantitative estimate of drug-likeness (QED) is 0.494. The Hall–Kier alpha value is -3.17. The Morgan fingerprint density at radius 2 is 1.61 bits per heavy atom. The minimum Gasteiger partial charge on any atom is -0.396 e. The number of aliphatic imine (C=N–C) groups is 3. The Labute approximate surface area is 132 Å². The lowest BCUT2D eigenvalue weighted by Gasteiger charge is -2.19. The van der Waals surface area contributed by atoms with Gasteiger partial charge in [-0.1, -0.05) is 0 Å². The van der Waals surface area contributed by atoms with Gasteiger partial charge in [0.05, 0.1) is 11.4 Å². The number of hydrogen-bond acceptors (Lipinski definition) is 8. The van der Waals surface area contributed by atoms with Gasteiger partial charge in [0, 0.05) is 13.1 Å². The number of pyridine rings is 1. The van der Waals surface area contributed by atoms with Gasteiger partial charge < -0.3 is 27.8 Å². The van der Waals surface area contributed by atoms with Crippen molar-refractivity contribution in [2.75, 3.05) is 29.5 Å². The van der Waals surface area contributed by atoms with Crippen LogP contribution in [0.15, 0.2) is 21.0 Å². The summed E-state index contributed by atoms with van der Waals surface area (Å²) in [6, 6.07) is 1.62. The van der Waals surface area contributed by atoms with E-state index in [0.717, 1.165) is 25.9 Å². The highest BCUT2D eigenvalue weighted by Gasteiger charge is 2.21. The number of rotatable bonds is 2. The summed E-state index contributed by atoms with van der Waals surface area (Å²) in [5.74, 6) is 0.632. The van der Waals surface area contributed by atoms with E-state index in [0.29, 0.717) is 17.2 Å². The predicted molar refractivity (Wildman–Crippen MR) is 92.6 cm³/mol. The largest absolute Gasteiger partial charge is 0.396 e. The van der Waals surface area contributed by atoms with Crippen LogP contribution in [-0.4, -0.2) is 41.4 Å². The highest BCUT2D eigenvalue weighted by molar-refractivity contribution is 6.69. The lowest BCUT2D eigenvalue weighted by molar-refractivity contribution is 0.940. The minimum atomic E-state index is -0.269. The molecule has 0 aliphatic carbocycles. The first-order chi connectivity index (χ1) is 11.0. The zero-order chi connectivity index (χ0) is 16.6. The van der Waals surface area contributed by atoms with Crippen molar-refractivity contribution in [3.05, 3.63) is 6.07 Å². The summed E-state index contributed by atoms with van der Waals surface area (Å²) in [4.78, 5) is 18.3. The van der Waals surface area contributed by atoms with E-state index in [4.69, 9.17) is 28.3 Å². The topological polar surface area (TPSA) is 181 Å². The lowest BCUT2D eigenvalue weighted by Crippen LogP contribution is -2.39. The molecule has 0 atom stereocenters. The summed E-state index contributed by atoms with van der Waals surface area (Å²) in [6.07, 6.45) is 2.19. The summed E-state index contributed by atoms with van der Waals surface area (Å²) in [7, 11) is 0. The predicted octanol–water partition coefficient (Wildman–Crippen LogP) is -0.419. The van der Waals surface area contributed by atoms with Crippen molar-refractivity contribution in [2.45, 2.75) is 12.8 Å². The molecule has 1 aromatic heterocycles. The smallest absolute Gasteiger partial charge is 0.245 e. The number of aromatic nitrogens is 1. The van der Waals surface area contributed by atoms with Gasteiger partial charge in [0.1, 0.15) is 5.71 Å². The number of nitrogens with zero attached hydrogens (tertiary/aromatic N) is 5. The molecule has 3 heterocycles. The SMILES string of the molecule is N=C1N=C(N)C(=Nc2nc(N3CCCC3)c(N)cc2N)C(N)=N1. The molecule has 1 fully saturated rings. The second kappa shape index (κ2) is 5.55. The zero-order valence-electron chi connectivity index (χ0n) is 12.5. The van der Waals surface area contributed by atoms with E-state index in [1.165, 1.54) is 0 Å². The van der Waals surface area contributed by atoms with Crippen LogP contribution in [0.5, 0.6) is 0 Å². The Morgan fingerprint density at radius 1 is 1.00 bits per heavy atom. The van der Waals surface area contributed by atoms with Crippen LogP contribution in [0.1, 0.15) is 12.8 Å². The van der Waals surface area contributed by atoms with Crippen molar-refractivity contribution in [2.24, 2.45) is 26.4 Å². The van der Waals surface area contributed by atoms with Crippen LogP contribution in [0, 0.1) is 5.41 Å². The molecule has 0 aromatic carbocycles. The van der Waals surface area contributed by atoms with E-state index >= 15 is 0 Å². The third kappa shape index (κ3) is 2.78. The highest BCUT2D eigenvalue weighted by atomic mass is 15.2. The van der Waals surface area contributed by atoms with Crippen LogP contribution in [-0.2, 0) is 0 Å². The van der Waals surface area contributed by atoms with Crippen molar-refractivity contribution in [1.29, 1.82) is 5.41 Å². The molecule has 0 bridgehead atoms. The second-order valence-corrected chi connectivity index (χ2v) is 5.29. The van der Waals surface area contributed by atoms with Crippen LogP contribution in [0.25, 0.3) is 0 Å². The first-order valence-corrected chi connectivity index (χ1v) is 7.13. The maximum atomic E-state index is 7.38. The number of guanidine groups is 1. The molecule has 0 radical (unpaired) electrons. The van der Waals surface area contributed by atoms with Gasteiger partial charge in [-0.25, -0.2) is 9.98 Å². The molecule has 1 saturated heterocycles. The van der Waals surface area contributed by atoms with Gasteiger partial charge in [-0.15, -0.1) is 0 Å². The monoisotopic (exact) mass is 314 g/mol. The average Bonchev–Trinajstić information content (AvgIpc) is 2.98. The molecular weight excluding hydrogens is 296 g/mol. The summed E-state index contributed by atoms with van der Waals surface area (Å²) >= 11 is 0. The number of anilines is 3. The van der Waals surface area contributed by atoms with Crippen LogP contribution in [0.4, 0.5) is 23.0 Å². The Morgan fingerprint density at radius 3 is 2.22 bits per heavy atom. The molecule has 2 aliphatic heterocycles. The molecule has 9 N–H and O–H groups in total. The first kappa shape index (κ1) is 14.8. The van der Waals surface area contributed by atoms with Gasteiger partial charge in [0.2, 0.25) is 5.96 Å². The minimum absolute atomic E-state index is 0.00301. The molecule has 120 valence electrons. The number of amidine groups is 2. The van der Waals surface area contributed by atoms with Gasteiger partial charge in [-0.3, -0.25) is 5.41 Å². The Bertz CT molecular complexity index is 730. The molecule has 0 spiro atoms. The summed E-state index contributed by atoms with van der Waals surface area (Å²) < 4.78 is 0. The summed E-state index contributed by atoms with van der Waals surface area (Å²) in [5.41, 5.74) is 24.5. The third-order valence-electron chi connectivity index (χ3n) is 3.60. The summed E-state index contributed by atoms with van der Waals surface area (Å²) in [5, 5.41) is 7.38. The van der Waals surface area contributed by atoms with E-state index in [9.17, 15) is 0 Å². The normalized spacial score (nSPS) is 18.0. The van der Waals surface area contributed by atoms with E-state index in [1.54, 1.807) is 6.07 Å². The lowest BCUT2D eigenvalue weighted by atomic mass is 10.2. The molecule has 1 aromatic rings. The van der Waals surface area contributed by atoms with Gasteiger partial charge in [-0.05, 0) is 18.9 Å². The fraction of sp³-hybridized carbons (Fsp3) is 0.308. The van der Waals surface area contributed by atoms with Crippen molar-refractivity contribution in [3.8, 4) is 0 Å². The molecule has 2 aliphatic rings. The third-order valence-corrected chi connectivity index (χ3v) is 3.60. The highest BCUT2D eigenvalue weighted by Crippen LogP contribution is 2.31. The molecular formula is C13H18N10. The fourth-order valence-corrected chi connectivity index (χ4v) is 2.51. The second-order valence-electron chi connectivity index (χ2n) is 5.29.